The van der Waals surface area contributed by atoms with Crippen molar-refractivity contribution in [3.63, 3.8) is 0 Å². The number of hydrogen-bond acceptors (Lipinski definition) is 6. The Hall–Kier alpha value is -2.94. The Labute approximate surface area is 156 Å². The number of amides is 2. The average molecular weight is 375 g/mol. The fraction of sp³-hybridized carbons (Fsp3) is 0.389. The number of carbonyl (C=O) groups excluding carboxylic acids is 2. The van der Waals surface area contributed by atoms with Crippen LogP contribution in [0.4, 0.5) is 15.9 Å². The van der Waals surface area contributed by atoms with Crippen molar-refractivity contribution in [2.45, 2.75) is 6.92 Å². The van der Waals surface area contributed by atoms with Gasteiger partial charge < -0.3 is 14.7 Å². The lowest BCUT2D eigenvalue weighted by molar-refractivity contribution is -0.136. The molecule has 2 heterocycles. The van der Waals surface area contributed by atoms with E-state index in [0.717, 1.165) is 31.9 Å². The monoisotopic (exact) mass is 375 g/mol. The van der Waals surface area contributed by atoms with Crippen molar-refractivity contribution >= 4 is 23.3 Å². The van der Waals surface area contributed by atoms with Gasteiger partial charge in [0.1, 0.15) is 11.6 Å². The highest BCUT2D eigenvalue weighted by Gasteiger charge is 2.19. The molecule has 0 radical (unpaired) electrons. The van der Waals surface area contributed by atoms with Crippen LogP contribution in [0.3, 0.4) is 0 Å². The first-order valence-corrected chi connectivity index (χ1v) is 8.76. The van der Waals surface area contributed by atoms with E-state index in [0.29, 0.717) is 18.8 Å². The predicted molar refractivity (Wildman–Crippen MR) is 97.9 cm³/mol. The zero-order chi connectivity index (χ0) is 19.2. The summed E-state index contributed by atoms with van der Waals surface area (Å²) in [5.74, 6) is -0.962. The van der Waals surface area contributed by atoms with E-state index in [2.05, 4.69) is 25.6 Å². The summed E-state index contributed by atoms with van der Waals surface area (Å²) in [4.78, 5) is 28.0. The van der Waals surface area contributed by atoms with Crippen LogP contribution in [0.25, 0.3) is 0 Å². The van der Waals surface area contributed by atoms with E-state index < -0.39 is 11.8 Å². The van der Waals surface area contributed by atoms with E-state index in [1.165, 1.54) is 18.2 Å². The predicted octanol–water partition coefficient (Wildman–Crippen LogP) is 0.999. The quantitative estimate of drug-likeness (QED) is 0.758. The number of nitrogens with one attached hydrogen (secondary N) is 2. The van der Waals surface area contributed by atoms with Gasteiger partial charge in [0.05, 0.1) is 0 Å². The smallest absolute Gasteiger partial charge is 0.314 e. The largest absolute Gasteiger partial charge is 0.369 e. The van der Waals surface area contributed by atoms with Crippen LogP contribution in [0, 0.1) is 12.7 Å². The van der Waals surface area contributed by atoms with E-state index in [9.17, 15) is 14.0 Å². The normalized spacial score (nSPS) is 14.8. The summed E-state index contributed by atoms with van der Waals surface area (Å²) in [6.07, 6.45) is 0. The second-order valence-corrected chi connectivity index (χ2v) is 6.34. The van der Waals surface area contributed by atoms with Crippen molar-refractivity contribution in [1.29, 1.82) is 0 Å². The lowest BCUT2D eigenvalue weighted by Gasteiger charge is -2.36. The molecule has 144 valence electrons. The van der Waals surface area contributed by atoms with E-state index >= 15 is 0 Å². The Morgan fingerprint density at radius 1 is 1.15 bits per heavy atom. The third kappa shape index (κ3) is 5.27. The Bertz CT molecular complexity index is 785. The highest BCUT2D eigenvalue weighted by molar-refractivity contribution is 6.39. The Morgan fingerprint density at radius 3 is 2.48 bits per heavy atom. The van der Waals surface area contributed by atoms with Crippen molar-refractivity contribution in [3.05, 3.63) is 41.9 Å². The summed E-state index contributed by atoms with van der Waals surface area (Å²) in [7, 11) is 0. The van der Waals surface area contributed by atoms with Gasteiger partial charge in [-0.05, 0) is 31.2 Å². The molecule has 0 atom stereocenters. The minimum Gasteiger partial charge on any atom is -0.369 e. The lowest BCUT2D eigenvalue weighted by atomic mass is 10.2. The Balaban J connectivity index is 1.35. The number of halogens is 1. The molecule has 0 spiro atoms. The van der Waals surface area contributed by atoms with Gasteiger partial charge in [0.2, 0.25) is 0 Å². The summed E-state index contributed by atoms with van der Waals surface area (Å²) in [5, 5.41) is 8.58. The van der Waals surface area contributed by atoms with Crippen LogP contribution in [0.5, 0.6) is 0 Å². The lowest BCUT2D eigenvalue weighted by Crippen LogP contribution is -2.49. The minimum atomic E-state index is -0.774. The molecule has 27 heavy (non-hydrogen) atoms. The summed E-state index contributed by atoms with van der Waals surface area (Å²) >= 11 is 0. The molecule has 1 aromatic carbocycles. The van der Waals surface area contributed by atoms with Crippen molar-refractivity contribution < 1.29 is 18.5 Å². The van der Waals surface area contributed by atoms with E-state index in [1.807, 2.05) is 0 Å². The van der Waals surface area contributed by atoms with Gasteiger partial charge in [0.15, 0.2) is 5.82 Å². The maximum absolute atomic E-state index is 13.0. The summed E-state index contributed by atoms with van der Waals surface area (Å²) < 4.78 is 17.8. The van der Waals surface area contributed by atoms with Crippen LogP contribution >= 0.6 is 0 Å². The van der Waals surface area contributed by atoms with Crippen molar-refractivity contribution in [3.8, 4) is 0 Å². The molecular weight excluding hydrogens is 353 g/mol. The van der Waals surface area contributed by atoms with E-state index in [1.54, 1.807) is 19.1 Å². The summed E-state index contributed by atoms with van der Waals surface area (Å²) in [6, 6.07) is 8.01. The zero-order valence-electron chi connectivity index (χ0n) is 15.1. The number of piperazine rings is 1. The average Bonchev–Trinajstić information content (AvgIpc) is 3.07. The van der Waals surface area contributed by atoms with Crippen LogP contribution in [0.2, 0.25) is 0 Å². The molecule has 2 amide bonds. The second kappa shape index (κ2) is 8.63. The minimum absolute atomic E-state index is 0.213. The third-order valence-electron chi connectivity index (χ3n) is 4.35. The molecule has 8 nitrogen and oxygen atoms in total. The molecule has 1 aliphatic rings. The molecule has 2 aromatic rings. The number of nitrogens with zero attached hydrogens (tertiary/aromatic N) is 3. The van der Waals surface area contributed by atoms with Crippen molar-refractivity contribution in [2.24, 2.45) is 0 Å². The van der Waals surface area contributed by atoms with E-state index in [4.69, 9.17) is 4.52 Å². The number of carbonyl (C=O) groups is 2. The van der Waals surface area contributed by atoms with Gasteiger partial charge in [-0.2, -0.15) is 0 Å². The molecule has 0 unspecified atom stereocenters. The van der Waals surface area contributed by atoms with Crippen LogP contribution in [-0.2, 0) is 9.59 Å². The first kappa shape index (κ1) is 18.8. The second-order valence-electron chi connectivity index (χ2n) is 6.34. The van der Waals surface area contributed by atoms with Gasteiger partial charge >= 0.3 is 11.8 Å². The molecule has 3 rings (SSSR count). The maximum atomic E-state index is 13.0. The van der Waals surface area contributed by atoms with Gasteiger partial charge in [0.25, 0.3) is 0 Å². The number of rotatable bonds is 5. The van der Waals surface area contributed by atoms with Crippen molar-refractivity contribution in [2.75, 3.05) is 49.5 Å². The zero-order valence-corrected chi connectivity index (χ0v) is 15.1. The Morgan fingerprint density at radius 2 is 1.85 bits per heavy atom. The van der Waals surface area contributed by atoms with Crippen LogP contribution < -0.4 is 15.5 Å². The number of aromatic nitrogens is 1. The topological polar surface area (TPSA) is 90.7 Å². The van der Waals surface area contributed by atoms with Gasteiger partial charge in [-0.25, -0.2) is 4.39 Å². The number of hydrogen-bond donors (Lipinski definition) is 2. The molecule has 1 fully saturated rings. The molecule has 0 bridgehead atoms. The number of anilines is 2. The molecule has 1 saturated heterocycles. The maximum Gasteiger partial charge on any atom is 0.314 e. The standard InChI is InChI=1S/C18H22FN5O3/c1-13-12-16(22-27-13)21-18(26)17(25)20-6-7-23-8-10-24(11-9-23)15-4-2-14(19)3-5-15/h2-5,12H,6-11H2,1H3,(H,20,25)(H,21,22,26). The number of aryl methyl sites for hydroxylation is 1. The summed E-state index contributed by atoms with van der Waals surface area (Å²) in [5.41, 5.74) is 1.00. The van der Waals surface area contributed by atoms with Crippen molar-refractivity contribution in [1.82, 2.24) is 15.4 Å². The molecule has 1 aliphatic heterocycles. The molecule has 0 saturated carbocycles. The van der Waals surface area contributed by atoms with Gasteiger partial charge in [-0.1, -0.05) is 5.16 Å². The van der Waals surface area contributed by atoms with Gasteiger partial charge in [-0.15, -0.1) is 0 Å². The van der Waals surface area contributed by atoms with Crippen LogP contribution in [-0.4, -0.2) is 61.1 Å². The third-order valence-corrected chi connectivity index (χ3v) is 4.35. The molecule has 9 heteroatoms. The first-order chi connectivity index (χ1) is 13.0. The molecule has 2 N–H and O–H groups in total. The van der Waals surface area contributed by atoms with Gasteiger partial charge in [0, 0.05) is 51.0 Å². The Kier molecular flexibility index (Phi) is 6.02. The van der Waals surface area contributed by atoms with E-state index in [-0.39, 0.29) is 11.6 Å². The first-order valence-electron chi connectivity index (χ1n) is 8.76. The molecule has 1 aromatic heterocycles. The van der Waals surface area contributed by atoms with Crippen LogP contribution in [0.15, 0.2) is 34.9 Å². The summed E-state index contributed by atoms with van der Waals surface area (Å²) in [6.45, 7) is 6.03. The van der Waals surface area contributed by atoms with Gasteiger partial charge in [-0.3, -0.25) is 19.8 Å². The SMILES string of the molecule is Cc1cc(NC(=O)C(=O)NCCN2CCN(c3ccc(F)cc3)CC2)no1. The fourth-order valence-corrected chi connectivity index (χ4v) is 2.89. The fourth-order valence-electron chi connectivity index (χ4n) is 2.89. The molecular formula is C18H22FN5O3. The molecule has 0 aliphatic carbocycles. The van der Waals surface area contributed by atoms with Crippen LogP contribution in [0.1, 0.15) is 5.76 Å². The highest BCUT2D eigenvalue weighted by atomic mass is 19.1. The highest BCUT2D eigenvalue weighted by Crippen LogP contribution is 2.16. The number of benzene rings is 1.